The van der Waals surface area contributed by atoms with Crippen LogP contribution in [0.5, 0.6) is 0 Å². The molecule has 2 heteroatoms. The van der Waals surface area contributed by atoms with E-state index in [1.807, 2.05) is 0 Å². The lowest BCUT2D eigenvalue weighted by Crippen LogP contribution is -2.81. The fraction of sp³-hybridized carbons (Fsp3) is 1.00. The molecule has 4 aliphatic heterocycles. The van der Waals surface area contributed by atoms with E-state index in [-0.39, 0.29) is 0 Å². The summed E-state index contributed by atoms with van der Waals surface area (Å²) in [6.07, 6.45) is 0. The number of hydrogen-bond donors (Lipinski definition) is 0. The highest BCUT2D eigenvalue weighted by molar-refractivity contribution is 7.66. The van der Waals surface area contributed by atoms with Gasteiger partial charge in [0.15, 0.2) is 0 Å². The Morgan fingerprint density at radius 3 is 1.50 bits per heavy atom. The molecule has 2 saturated carbocycles. The minimum absolute atomic E-state index is 0.448. The summed E-state index contributed by atoms with van der Waals surface area (Å²) in [6.45, 7) is 10.6. The molecule has 4 bridgehead atoms. The second-order valence-corrected chi connectivity index (χ2v) is 11.8. The van der Waals surface area contributed by atoms with Crippen LogP contribution < -0.4 is 0 Å². The van der Waals surface area contributed by atoms with E-state index in [0.29, 0.717) is 15.8 Å². The first-order valence-electron chi connectivity index (χ1n) is 6.00. The molecule has 4 saturated heterocycles. The maximum Gasteiger partial charge on any atom is -0.00978 e. The van der Waals surface area contributed by atoms with Crippen molar-refractivity contribution in [2.75, 3.05) is 13.3 Å². The number of rotatable bonds is 0. The first kappa shape index (κ1) is 8.03. The van der Waals surface area contributed by atoms with Crippen LogP contribution in [0.2, 0.25) is 0 Å². The molecule has 0 N–H and O–H groups in total. The van der Waals surface area contributed by atoms with Gasteiger partial charge in [-0.2, -0.15) is 0 Å². The summed E-state index contributed by atoms with van der Waals surface area (Å²) < 4.78 is 0. The first-order valence-corrected chi connectivity index (χ1v) is 9.85. The van der Waals surface area contributed by atoms with Crippen LogP contribution in [-0.4, -0.2) is 36.0 Å². The van der Waals surface area contributed by atoms with Gasteiger partial charge in [-0.1, -0.05) is 13.8 Å². The van der Waals surface area contributed by atoms with E-state index in [9.17, 15) is 0 Å². The van der Waals surface area contributed by atoms with Crippen LogP contribution in [0.25, 0.3) is 0 Å². The van der Waals surface area contributed by atoms with Gasteiger partial charge >= 0.3 is 0 Å². The summed E-state index contributed by atoms with van der Waals surface area (Å²) in [5.41, 5.74) is 6.69. The van der Waals surface area contributed by atoms with Gasteiger partial charge in [0.25, 0.3) is 0 Å². The Labute approximate surface area is 88.7 Å². The number of hydrogen-bond acceptors (Lipinski definition) is 0. The molecule has 0 radical (unpaired) electrons. The molecule has 76 valence electrons. The van der Waals surface area contributed by atoms with E-state index in [4.69, 9.17) is 0 Å². The largest absolute Gasteiger partial charge is 0.102 e. The zero-order valence-corrected chi connectivity index (χ0v) is 11.1. The van der Waals surface area contributed by atoms with Crippen molar-refractivity contribution in [2.24, 2.45) is 22.7 Å². The lowest BCUT2D eigenvalue weighted by molar-refractivity contribution is -0.244. The van der Waals surface area contributed by atoms with Gasteiger partial charge in [-0.05, 0) is 58.6 Å². The van der Waals surface area contributed by atoms with Gasteiger partial charge in [-0.3, -0.25) is 0 Å². The van der Waals surface area contributed by atoms with Crippen molar-refractivity contribution in [3.05, 3.63) is 0 Å². The highest BCUT2D eigenvalue weighted by Gasteiger charge is 2.97. The summed E-state index contributed by atoms with van der Waals surface area (Å²) in [7, 11) is 0.896. The third kappa shape index (κ3) is 0.371. The van der Waals surface area contributed by atoms with Gasteiger partial charge in [0.05, 0.1) is 0 Å². The van der Waals surface area contributed by atoms with Gasteiger partial charge in [-0.25, -0.2) is 0 Å². The minimum atomic E-state index is 0.448. The van der Waals surface area contributed by atoms with E-state index < -0.39 is 0 Å². The van der Waals surface area contributed by atoms with Crippen LogP contribution in [0.1, 0.15) is 13.8 Å². The lowest BCUT2D eigenvalue weighted by atomic mass is 9.26. The molecular weight excluding hydrogens is 206 g/mol. The van der Waals surface area contributed by atoms with Crippen LogP contribution in [0.15, 0.2) is 0 Å². The maximum absolute atomic E-state index is 2.67. The summed E-state index contributed by atoms with van der Waals surface area (Å²) in [5.74, 6) is 2.44. The fourth-order valence-electron chi connectivity index (χ4n) is 7.18. The van der Waals surface area contributed by atoms with Crippen molar-refractivity contribution in [3.8, 4) is 0 Å². The summed E-state index contributed by atoms with van der Waals surface area (Å²) >= 11 is 0. The molecule has 14 heavy (non-hydrogen) atoms. The van der Waals surface area contributed by atoms with Crippen LogP contribution in [-0.2, 0) is 0 Å². The molecule has 0 aromatic heterocycles. The predicted octanol–water partition coefficient (Wildman–Crippen LogP) is 3.00. The average Bonchev–Trinajstić information content (AvgIpc) is 2.64. The topological polar surface area (TPSA) is 0 Å². The van der Waals surface area contributed by atoms with Gasteiger partial charge < -0.3 is 0 Å². The highest BCUT2D eigenvalue weighted by atomic mass is 31.1. The molecular formula is C12H18P2. The smallest absolute Gasteiger partial charge is 0.00978 e. The molecule has 4 heterocycles. The second-order valence-electron chi connectivity index (χ2n) is 6.82. The first-order chi connectivity index (χ1) is 6.56. The standard InChI is InChI=1S/C12H18P2/c1-11-5-7-8-6(9(11)13(7)3)12(11,2)10(5)14(8)4/h5-10H,1-4H3/t5?,6?,7?,8?,9?,10?,11?,12?,13-,14?/m1/s1. The average molecular weight is 224 g/mol. The zero-order chi connectivity index (χ0) is 9.62. The zero-order valence-electron chi connectivity index (χ0n) is 9.36. The molecule has 0 spiro atoms. The SMILES string of the molecule is CP1C2C3C4C1C1(C)C2C([P@]3C)C41C. The quantitative estimate of drug-likeness (QED) is 0.555. The van der Waals surface area contributed by atoms with Crippen molar-refractivity contribution in [1.82, 2.24) is 0 Å². The predicted molar refractivity (Wildman–Crippen MR) is 64.0 cm³/mol. The molecule has 0 aromatic carbocycles. The third-order valence-corrected chi connectivity index (χ3v) is 14.2. The van der Waals surface area contributed by atoms with E-state index in [1.165, 1.54) is 34.5 Å². The van der Waals surface area contributed by atoms with Crippen molar-refractivity contribution < 1.29 is 0 Å². The van der Waals surface area contributed by atoms with E-state index in [1.54, 1.807) is 0 Å². The summed E-state index contributed by atoms with van der Waals surface area (Å²) in [5, 5.41) is 0. The Morgan fingerprint density at radius 1 is 0.786 bits per heavy atom. The van der Waals surface area contributed by atoms with Gasteiger partial charge in [0.1, 0.15) is 0 Å². The molecule has 0 nitrogen and oxygen atoms in total. The third-order valence-electron chi connectivity index (χ3n) is 7.36. The van der Waals surface area contributed by atoms with E-state index in [0.717, 1.165) is 10.8 Å². The second kappa shape index (κ2) is 1.69. The summed E-state index contributed by atoms with van der Waals surface area (Å²) in [6, 6.07) is 0. The highest BCUT2D eigenvalue weighted by Crippen LogP contribution is 3.05. The van der Waals surface area contributed by atoms with Crippen LogP contribution in [0.3, 0.4) is 0 Å². The van der Waals surface area contributed by atoms with Crippen molar-refractivity contribution in [1.29, 1.82) is 0 Å². The van der Waals surface area contributed by atoms with Crippen molar-refractivity contribution >= 4 is 15.8 Å². The molecule has 0 aromatic rings. The Kier molecular flexibility index (Phi) is 0.967. The Morgan fingerprint density at radius 2 is 1.14 bits per heavy atom. The Bertz CT molecular complexity index is 333. The molecule has 10 atom stereocenters. The van der Waals surface area contributed by atoms with E-state index in [2.05, 4.69) is 27.2 Å². The van der Waals surface area contributed by atoms with E-state index >= 15 is 0 Å². The maximum atomic E-state index is 2.67. The van der Waals surface area contributed by atoms with Crippen molar-refractivity contribution in [3.63, 3.8) is 0 Å². The fourth-order valence-corrected chi connectivity index (χ4v) is 17.4. The molecule has 0 amide bonds. The monoisotopic (exact) mass is 224 g/mol. The normalized spacial score (nSPS) is 90.0. The summed E-state index contributed by atoms with van der Waals surface area (Å²) in [4.78, 5) is 0. The molecule has 9 unspecified atom stereocenters. The van der Waals surface area contributed by atoms with Crippen LogP contribution in [0, 0.1) is 22.7 Å². The van der Waals surface area contributed by atoms with Gasteiger partial charge in [0, 0.05) is 0 Å². The van der Waals surface area contributed by atoms with Crippen molar-refractivity contribution in [2.45, 2.75) is 36.5 Å². The molecule has 2 aliphatic carbocycles. The minimum Gasteiger partial charge on any atom is -0.102 e. The van der Waals surface area contributed by atoms with Crippen LogP contribution in [0.4, 0.5) is 0 Å². The van der Waals surface area contributed by atoms with Gasteiger partial charge in [0.2, 0.25) is 0 Å². The Hall–Kier alpha value is 0.860. The molecule has 6 rings (SSSR count). The molecule has 6 fully saturated rings. The molecule has 6 aliphatic rings. The Balaban J connectivity index is 1.85. The van der Waals surface area contributed by atoms with Gasteiger partial charge in [-0.15, -0.1) is 15.8 Å². The van der Waals surface area contributed by atoms with Crippen LogP contribution >= 0.6 is 15.8 Å². The lowest BCUT2D eigenvalue weighted by Gasteiger charge is -2.78.